The number of aryl methyl sites for hydroxylation is 2. The molecule has 1 atom stereocenters. The molecule has 29 heavy (non-hydrogen) atoms. The number of rotatable bonds is 3. The van der Waals surface area contributed by atoms with Crippen molar-refractivity contribution >= 4 is 26.7 Å². The fourth-order valence-electron chi connectivity index (χ4n) is 4.21. The molecule has 0 aliphatic heterocycles. The van der Waals surface area contributed by atoms with Crippen LogP contribution in [-0.2, 0) is 22.9 Å². The maximum Gasteiger partial charge on any atom is 0.262 e. The van der Waals surface area contributed by atoms with Gasteiger partial charge in [-0.1, -0.05) is 20.8 Å². The molecule has 1 aromatic heterocycles. The first-order valence-electron chi connectivity index (χ1n) is 9.88. The summed E-state index contributed by atoms with van der Waals surface area (Å²) in [5, 5.41) is 0.963. The topological polar surface area (TPSA) is 59.3 Å². The summed E-state index contributed by atoms with van der Waals surface area (Å²) in [4.78, 5) is 0.0704. The second-order valence-electron chi connectivity index (χ2n) is 9.04. The highest BCUT2D eigenvalue weighted by Crippen LogP contribution is 2.41. The molecule has 1 heterocycles. The molecule has 1 N–H and O–H groups in total. The molecule has 4 rings (SSSR count). The highest BCUT2D eigenvalue weighted by molar-refractivity contribution is 7.92. The van der Waals surface area contributed by atoms with E-state index in [1.165, 1.54) is 17.7 Å². The average Bonchev–Trinajstić information content (AvgIpc) is 2.97. The van der Waals surface area contributed by atoms with E-state index in [1.54, 1.807) is 13.0 Å². The summed E-state index contributed by atoms with van der Waals surface area (Å²) in [7, 11) is -3.82. The van der Waals surface area contributed by atoms with Gasteiger partial charge in [0.1, 0.15) is 17.2 Å². The molecule has 0 saturated heterocycles. The van der Waals surface area contributed by atoms with Gasteiger partial charge < -0.3 is 4.42 Å². The van der Waals surface area contributed by atoms with Crippen molar-refractivity contribution in [2.75, 3.05) is 4.72 Å². The molecule has 0 bridgehead atoms. The Balaban J connectivity index is 1.69. The Hall–Kier alpha value is -2.34. The van der Waals surface area contributed by atoms with Crippen molar-refractivity contribution in [1.82, 2.24) is 0 Å². The summed E-state index contributed by atoms with van der Waals surface area (Å²) < 4.78 is 47.7. The fraction of sp³-hybridized carbons (Fsp3) is 0.391. The molecule has 6 heteroatoms. The smallest absolute Gasteiger partial charge is 0.262 e. The molecular formula is C23H26FNO3S. The Morgan fingerprint density at radius 2 is 1.90 bits per heavy atom. The Kier molecular flexibility index (Phi) is 4.73. The number of hydrogen-bond acceptors (Lipinski definition) is 3. The molecule has 0 saturated carbocycles. The van der Waals surface area contributed by atoms with Crippen LogP contribution in [0.15, 0.2) is 45.7 Å². The van der Waals surface area contributed by atoms with E-state index in [9.17, 15) is 12.8 Å². The van der Waals surface area contributed by atoms with Crippen molar-refractivity contribution in [3.05, 3.63) is 59.1 Å². The summed E-state index contributed by atoms with van der Waals surface area (Å²) in [5.74, 6) is 1.11. The van der Waals surface area contributed by atoms with E-state index in [0.29, 0.717) is 17.2 Å². The van der Waals surface area contributed by atoms with Gasteiger partial charge in [0.25, 0.3) is 10.0 Å². The van der Waals surface area contributed by atoms with Crippen LogP contribution < -0.4 is 4.72 Å². The number of sulfonamides is 1. The Labute approximate surface area is 171 Å². The van der Waals surface area contributed by atoms with Crippen LogP contribution in [0.3, 0.4) is 0 Å². The number of nitrogens with one attached hydrogen (secondary N) is 1. The average molecular weight is 416 g/mol. The van der Waals surface area contributed by atoms with Crippen LogP contribution in [0.25, 0.3) is 11.0 Å². The van der Waals surface area contributed by atoms with Gasteiger partial charge in [0.05, 0.1) is 4.90 Å². The number of benzene rings is 2. The molecule has 4 nitrogen and oxygen atoms in total. The van der Waals surface area contributed by atoms with Crippen LogP contribution in [0.4, 0.5) is 10.1 Å². The molecular weight excluding hydrogens is 389 g/mol. The lowest BCUT2D eigenvalue weighted by Gasteiger charge is -2.33. The fourth-order valence-corrected chi connectivity index (χ4v) is 5.48. The van der Waals surface area contributed by atoms with Crippen molar-refractivity contribution in [1.29, 1.82) is 0 Å². The van der Waals surface area contributed by atoms with Crippen LogP contribution in [0.5, 0.6) is 0 Å². The summed E-state index contributed by atoms with van der Waals surface area (Å²) in [5.41, 5.74) is 3.02. The zero-order valence-electron chi connectivity index (χ0n) is 17.2. The summed E-state index contributed by atoms with van der Waals surface area (Å²) in [6, 6.07) is 9.03. The van der Waals surface area contributed by atoms with Crippen molar-refractivity contribution in [3.63, 3.8) is 0 Å². The predicted molar refractivity (Wildman–Crippen MR) is 113 cm³/mol. The van der Waals surface area contributed by atoms with Gasteiger partial charge in [-0.25, -0.2) is 12.8 Å². The molecule has 1 unspecified atom stereocenters. The largest absolute Gasteiger partial charge is 0.461 e. The second-order valence-corrected chi connectivity index (χ2v) is 10.7. The molecule has 0 fully saturated rings. The van der Waals surface area contributed by atoms with E-state index >= 15 is 0 Å². The monoisotopic (exact) mass is 415 g/mol. The van der Waals surface area contributed by atoms with Crippen molar-refractivity contribution in [2.24, 2.45) is 11.3 Å². The third-order valence-corrected chi connectivity index (χ3v) is 7.49. The Bertz CT molecular complexity index is 1190. The molecule has 0 amide bonds. The first-order valence-corrected chi connectivity index (χ1v) is 11.4. The predicted octanol–water partition coefficient (Wildman–Crippen LogP) is 5.83. The van der Waals surface area contributed by atoms with Gasteiger partial charge in [0.2, 0.25) is 0 Å². The van der Waals surface area contributed by atoms with Crippen LogP contribution in [0.1, 0.15) is 44.1 Å². The van der Waals surface area contributed by atoms with Gasteiger partial charge in [-0.3, -0.25) is 4.72 Å². The number of hydrogen-bond donors (Lipinski definition) is 1. The Morgan fingerprint density at radius 1 is 1.14 bits per heavy atom. The minimum Gasteiger partial charge on any atom is -0.461 e. The quantitative estimate of drug-likeness (QED) is 0.585. The SMILES string of the molecule is Cc1cc(F)ccc1S(=O)(=O)Nc1ccc2oc3c(c2c1)CC(C(C)(C)C)CC3. The van der Waals surface area contributed by atoms with Crippen LogP contribution in [0.2, 0.25) is 0 Å². The summed E-state index contributed by atoms with van der Waals surface area (Å²) >= 11 is 0. The van der Waals surface area contributed by atoms with Crippen LogP contribution >= 0.6 is 0 Å². The normalized spacial score (nSPS) is 17.3. The highest BCUT2D eigenvalue weighted by Gasteiger charge is 2.31. The van der Waals surface area contributed by atoms with Gasteiger partial charge in [-0.2, -0.15) is 0 Å². The zero-order chi connectivity index (χ0) is 21.0. The standard InChI is InChI=1S/C23H26FNO3S/c1-14-11-16(24)6-10-22(14)29(26,27)25-17-7-9-21-19(13-17)18-12-15(23(2,3)4)5-8-20(18)28-21/h6-7,9-11,13,15,25H,5,8,12H2,1-4H3. The van der Waals surface area contributed by atoms with Gasteiger partial charge in [-0.15, -0.1) is 0 Å². The van der Waals surface area contributed by atoms with E-state index in [4.69, 9.17) is 4.42 Å². The minimum absolute atomic E-state index is 0.0704. The van der Waals surface area contributed by atoms with E-state index in [2.05, 4.69) is 25.5 Å². The lowest BCUT2D eigenvalue weighted by Crippen LogP contribution is -2.26. The molecule has 3 aromatic rings. The molecule has 1 aliphatic rings. The Morgan fingerprint density at radius 3 is 2.59 bits per heavy atom. The molecule has 1 aliphatic carbocycles. The van der Waals surface area contributed by atoms with Crippen LogP contribution in [-0.4, -0.2) is 8.42 Å². The van der Waals surface area contributed by atoms with Gasteiger partial charge in [0, 0.05) is 23.1 Å². The van der Waals surface area contributed by atoms with E-state index < -0.39 is 15.8 Å². The van der Waals surface area contributed by atoms with Crippen molar-refractivity contribution in [2.45, 2.75) is 51.9 Å². The summed E-state index contributed by atoms with van der Waals surface area (Å²) in [6.07, 6.45) is 2.93. The third-order valence-electron chi connectivity index (χ3n) is 5.95. The van der Waals surface area contributed by atoms with Crippen molar-refractivity contribution < 1.29 is 17.2 Å². The first-order chi connectivity index (χ1) is 13.5. The zero-order valence-corrected chi connectivity index (χ0v) is 18.0. The lowest BCUT2D eigenvalue weighted by atomic mass is 9.71. The van der Waals surface area contributed by atoms with E-state index in [0.717, 1.165) is 42.1 Å². The maximum atomic E-state index is 13.4. The third kappa shape index (κ3) is 3.78. The van der Waals surface area contributed by atoms with Gasteiger partial charge >= 0.3 is 0 Å². The highest BCUT2D eigenvalue weighted by atomic mass is 32.2. The second kappa shape index (κ2) is 6.87. The number of halogens is 1. The minimum atomic E-state index is -3.82. The summed E-state index contributed by atoms with van der Waals surface area (Å²) in [6.45, 7) is 8.36. The maximum absolute atomic E-state index is 13.4. The number of anilines is 1. The van der Waals surface area contributed by atoms with E-state index in [-0.39, 0.29) is 10.3 Å². The van der Waals surface area contributed by atoms with Crippen molar-refractivity contribution in [3.8, 4) is 0 Å². The number of fused-ring (bicyclic) bond motifs is 3. The van der Waals surface area contributed by atoms with Gasteiger partial charge in [-0.05, 0) is 73.1 Å². The van der Waals surface area contributed by atoms with E-state index in [1.807, 2.05) is 12.1 Å². The molecule has 0 spiro atoms. The van der Waals surface area contributed by atoms with Gasteiger partial charge in [0.15, 0.2) is 0 Å². The molecule has 0 radical (unpaired) electrons. The first kappa shape index (κ1) is 20.0. The van der Waals surface area contributed by atoms with Crippen LogP contribution in [0, 0.1) is 24.1 Å². The number of furan rings is 1. The lowest BCUT2D eigenvalue weighted by molar-refractivity contribution is 0.210. The molecule has 2 aromatic carbocycles. The molecule has 154 valence electrons.